The molecule has 2 aromatic heterocycles. The monoisotopic (exact) mass is 381 g/mol. The molecule has 0 unspecified atom stereocenters. The van der Waals surface area contributed by atoms with Crippen molar-refractivity contribution >= 4 is 28.7 Å². The lowest BCUT2D eigenvalue weighted by Crippen LogP contribution is -2.37. The molecule has 4 rings (SSSR count). The fourth-order valence-corrected chi connectivity index (χ4v) is 4.40. The van der Waals surface area contributed by atoms with Crippen molar-refractivity contribution in [1.29, 1.82) is 0 Å². The molecule has 1 fully saturated rings. The fraction of sp³-hybridized carbons (Fsp3) is 0.400. The van der Waals surface area contributed by atoms with E-state index in [-0.39, 0.29) is 11.2 Å². The topological polar surface area (TPSA) is 63.9 Å². The Labute approximate surface area is 163 Å². The molecule has 3 aromatic rings. The van der Waals surface area contributed by atoms with Crippen molar-refractivity contribution in [2.24, 2.45) is 0 Å². The van der Waals surface area contributed by atoms with Crippen molar-refractivity contribution in [3.63, 3.8) is 0 Å². The molecule has 0 aliphatic carbocycles. The number of thioether (sulfide) groups is 1. The number of rotatable bonds is 4. The van der Waals surface area contributed by atoms with Gasteiger partial charge in [-0.25, -0.2) is 14.6 Å². The zero-order chi connectivity index (χ0) is 18.6. The number of likely N-dealkylation sites (tertiary alicyclic amines) is 1. The Balaban J connectivity index is 1.57. The Kier molecular flexibility index (Phi) is 5.38. The third-order valence-electron chi connectivity index (χ3n) is 4.88. The van der Waals surface area contributed by atoms with Gasteiger partial charge < -0.3 is 4.90 Å². The molecule has 0 N–H and O–H groups in total. The Bertz CT molecular complexity index is 919. The van der Waals surface area contributed by atoms with Gasteiger partial charge in [0, 0.05) is 13.1 Å². The average molecular weight is 382 g/mol. The number of carbonyl (C=O) groups excluding carboxylic acids is 1. The van der Waals surface area contributed by atoms with E-state index in [0.717, 1.165) is 47.7 Å². The van der Waals surface area contributed by atoms with Crippen LogP contribution in [-0.2, 0) is 4.79 Å². The van der Waals surface area contributed by atoms with Crippen LogP contribution in [0.5, 0.6) is 0 Å². The van der Waals surface area contributed by atoms with Crippen LogP contribution in [0.15, 0.2) is 47.9 Å². The summed E-state index contributed by atoms with van der Waals surface area (Å²) in [6.07, 6.45) is 7.98. The molecule has 3 heterocycles. The van der Waals surface area contributed by atoms with Gasteiger partial charge in [-0.15, -0.1) is 0 Å². The van der Waals surface area contributed by atoms with E-state index in [0.29, 0.717) is 0 Å². The summed E-state index contributed by atoms with van der Waals surface area (Å²) in [5.74, 6) is 0.198. The molecule has 1 aliphatic rings. The van der Waals surface area contributed by atoms with E-state index < -0.39 is 0 Å². The van der Waals surface area contributed by atoms with Gasteiger partial charge in [0.1, 0.15) is 11.4 Å². The van der Waals surface area contributed by atoms with E-state index in [4.69, 9.17) is 0 Å². The van der Waals surface area contributed by atoms with E-state index in [2.05, 4.69) is 15.1 Å². The molecule has 1 saturated heterocycles. The first-order valence-corrected chi connectivity index (χ1v) is 10.3. The minimum atomic E-state index is -0.179. The van der Waals surface area contributed by atoms with E-state index in [9.17, 15) is 4.79 Å². The van der Waals surface area contributed by atoms with Crippen molar-refractivity contribution in [3.05, 3.63) is 42.9 Å². The maximum atomic E-state index is 12.9. The highest BCUT2D eigenvalue weighted by Crippen LogP contribution is 2.30. The smallest absolute Gasteiger partial charge is 0.235 e. The summed E-state index contributed by atoms with van der Waals surface area (Å²) >= 11 is 1.49. The first kappa shape index (κ1) is 18.0. The second kappa shape index (κ2) is 8.08. The molecular formula is C20H23N5OS. The standard InChI is InChI=1S/C20H23N5OS/c1-15(20(26)24-11-7-2-3-8-12-24)27-19-17-13-23-25(18(17)21-14-22-19)16-9-5-4-6-10-16/h4-6,9-10,13-15H,2-3,7-8,11-12H2,1H3/t15-/m0/s1. The first-order chi connectivity index (χ1) is 13.2. The summed E-state index contributed by atoms with van der Waals surface area (Å²) in [7, 11) is 0. The summed E-state index contributed by atoms with van der Waals surface area (Å²) in [6, 6.07) is 9.91. The van der Waals surface area contributed by atoms with Crippen molar-refractivity contribution in [2.75, 3.05) is 13.1 Å². The van der Waals surface area contributed by atoms with Gasteiger partial charge in [0.2, 0.25) is 5.91 Å². The van der Waals surface area contributed by atoms with Crippen LogP contribution in [0, 0.1) is 0 Å². The largest absolute Gasteiger partial charge is 0.342 e. The van der Waals surface area contributed by atoms with E-state index in [1.807, 2.05) is 46.8 Å². The zero-order valence-electron chi connectivity index (χ0n) is 15.4. The lowest BCUT2D eigenvalue weighted by atomic mass is 10.2. The van der Waals surface area contributed by atoms with Crippen molar-refractivity contribution in [2.45, 2.75) is 42.9 Å². The lowest BCUT2D eigenvalue weighted by Gasteiger charge is -2.23. The summed E-state index contributed by atoms with van der Waals surface area (Å²) in [5.41, 5.74) is 1.71. The van der Waals surface area contributed by atoms with Gasteiger partial charge in [-0.3, -0.25) is 4.79 Å². The molecule has 1 aliphatic heterocycles. The molecular weight excluding hydrogens is 358 g/mol. The molecule has 140 valence electrons. The highest BCUT2D eigenvalue weighted by Gasteiger charge is 2.24. The maximum Gasteiger partial charge on any atom is 0.235 e. The van der Waals surface area contributed by atoms with Crippen LogP contribution < -0.4 is 0 Å². The van der Waals surface area contributed by atoms with Crippen LogP contribution in [0.1, 0.15) is 32.6 Å². The molecule has 7 heteroatoms. The number of para-hydroxylation sites is 1. The van der Waals surface area contributed by atoms with Gasteiger partial charge in [-0.2, -0.15) is 5.10 Å². The third-order valence-corrected chi connectivity index (χ3v) is 5.99. The van der Waals surface area contributed by atoms with E-state index >= 15 is 0 Å². The first-order valence-electron chi connectivity index (χ1n) is 9.43. The van der Waals surface area contributed by atoms with Gasteiger partial charge in [-0.1, -0.05) is 42.8 Å². The lowest BCUT2D eigenvalue weighted by molar-refractivity contribution is -0.130. The second-order valence-corrected chi connectivity index (χ2v) is 8.14. The highest BCUT2D eigenvalue weighted by molar-refractivity contribution is 8.00. The van der Waals surface area contributed by atoms with Gasteiger partial charge in [0.25, 0.3) is 0 Å². The van der Waals surface area contributed by atoms with Crippen LogP contribution in [-0.4, -0.2) is 48.9 Å². The van der Waals surface area contributed by atoms with Gasteiger partial charge in [-0.05, 0) is 31.9 Å². The average Bonchev–Trinajstić information content (AvgIpc) is 2.95. The molecule has 1 aromatic carbocycles. The number of nitrogens with zero attached hydrogens (tertiary/aromatic N) is 5. The minimum Gasteiger partial charge on any atom is -0.342 e. The number of amides is 1. The number of hydrogen-bond donors (Lipinski definition) is 0. The van der Waals surface area contributed by atoms with Crippen molar-refractivity contribution in [1.82, 2.24) is 24.6 Å². The predicted molar refractivity (Wildman–Crippen MR) is 107 cm³/mol. The molecule has 6 nitrogen and oxygen atoms in total. The summed E-state index contributed by atoms with van der Waals surface area (Å²) in [4.78, 5) is 23.7. The van der Waals surface area contributed by atoms with Crippen LogP contribution >= 0.6 is 11.8 Å². The zero-order valence-corrected chi connectivity index (χ0v) is 16.2. The van der Waals surface area contributed by atoms with Crippen molar-refractivity contribution in [3.8, 4) is 5.69 Å². The van der Waals surface area contributed by atoms with Gasteiger partial charge >= 0.3 is 0 Å². The van der Waals surface area contributed by atoms with Crippen LogP contribution in [0.2, 0.25) is 0 Å². The Morgan fingerprint density at radius 2 is 1.81 bits per heavy atom. The Hall–Kier alpha value is -2.41. The molecule has 0 bridgehead atoms. The van der Waals surface area contributed by atoms with E-state index in [1.54, 1.807) is 12.5 Å². The predicted octanol–water partition coefficient (Wildman–Crippen LogP) is 3.70. The number of carbonyl (C=O) groups is 1. The second-order valence-electron chi connectivity index (χ2n) is 6.81. The number of hydrogen-bond acceptors (Lipinski definition) is 5. The van der Waals surface area contributed by atoms with Gasteiger partial charge in [0.05, 0.1) is 22.5 Å². The van der Waals surface area contributed by atoms with Gasteiger partial charge in [0.15, 0.2) is 5.65 Å². The summed E-state index contributed by atoms with van der Waals surface area (Å²) in [6.45, 7) is 3.71. The summed E-state index contributed by atoms with van der Waals surface area (Å²) in [5, 5.41) is 5.99. The minimum absolute atomic E-state index is 0.179. The maximum absolute atomic E-state index is 12.9. The number of fused-ring (bicyclic) bond motifs is 1. The Morgan fingerprint density at radius 1 is 1.07 bits per heavy atom. The van der Waals surface area contributed by atoms with Crippen LogP contribution in [0.3, 0.4) is 0 Å². The highest BCUT2D eigenvalue weighted by atomic mass is 32.2. The van der Waals surface area contributed by atoms with E-state index in [1.165, 1.54) is 24.6 Å². The normalized spacial score (nSPS) is 16.3. The molecule has 1 amide bonds. The molecule has 0 spiro atoms. The quantitative estimate of drug-likeness (QED) is 0.509. The number of benzene rings is 1. The molecule has 0 saturated carbocycles. The summed E-state index contributed by atoms with van der Waals surface area (Å²) < 4.78 is 1.81. The SMILES string of the molecule is C[C@H](Sc1ncnc2c1cnn2-c1ccccc1)C(=O)N1CCCCCC1. The molecule has 0 radical (unpaired) electrons. The molecule has 27 heavy (non-hydrogen) atoms. The van der Waals surface area contributed by atoms with Crippen LogP contribution in [0.25, 0.3) is 16.7 Å². The van der Waals surface area contributed by atoms with Crippen LogP contribution in [0.4, 0.5) is 0 Å². The Morgan fingerprint density at radius 3 is 2.56 bits per heavy atom. The number of aromatic nitrogens is 4. The molecule has 1 atom stereocenters. The fourth-order valence-electron chi connectivity index (χ4n) is 3.44. The third kappa shape index (κ3) is 3.83. The van der Waals surface area contributed by atoms with Crippen molar-refractivity contribution < 1.29 is 4.79 Å².